The summed E-state index contributed by atoms with van der Waals surface area (Å²) in [5.41, 5.74) is 0.775. The van der Waals surface area contributed by atoms with Crippen LogP contribution in [0.15, 0.2) is 60.7 Å². The van der Waals surface area contributed by atoms with Crippen molar-refractivity contribution in [1.82, 2.24) is 0 Å². The Morgan fingerprint density at radius 2 is 1.60 bits per heavy atom. The number of rotatable bonds is 2. The van der Waals surface area contributed by atoms with E-state index in [0.717, 1.165) is 0 Å². The molecule has 0 spiro atoms. The lowest BCUT2D eigenvalue weighted by Crippen LogP contribution is -2.02. The molecule has 20 heavy (non-hydrogen) atoms. The van der Waals surface area contributed by atoms with Crippen LogP contribution in [0.1, 0.15) is 15.9 Å². The number of benzene rings is 3. The Balaban J connectivity index is 2.25. The molecule has 3 aromatic rings. The summed E-state index contributed by atoms with van der Waals surface area (Å²) in [5.74, 6) is -0.169. The zero-order valence-electron chi connectivity index (χ0n) is 10.6. The van der Waals surface area contributed by atoms with Gasteiger partial charge in [-0.05, 0) is 35.0 Å². The molecule has 0 radical (unpaired) electrons. The lowest BCUT2D eigenvalue weighted by molar-refractivity contribution is 0.103. The van der Waals surface area contributed by atoms with Gasteiger partial charge in [0, 0.05) is 5.56 Å². The Bertz CT molecular complexity index is 792. The molecule has 0 unspecified atom stereocenters. The molecule has 0 atom stereocenters. The third-order valence-corrected chi connectivity index (χ3v) is 3.24. The molecule has 0 bridgehead atoms. The van der Waals surface area contributed by atoms with Crippen LogP contribution >= 0.6 is 0 Å². The Hall–Kier alpha value is -2.81. The van der Waals surface area contributed by atoms with Gasteiger partial charge in [0.1, 0.15) is 11.5 Å². The largest absolute Gasteiger partial charge is 0.508 e. The highest BCUT2D eigenvalue weighted by atomic mass is 16.3. The van der Waals surface area contributed by atoms with Gasteiger partial charge in [-0.2, -0.15) is 0 Å². The van der Waals surface area contributed by atoms with Crippen molar-refractivity contribution in [1.29, 1.82) is 0 Å². The van der Waals surface area contributed by atoms with Crippen LogP contribution in [0, 0.1) is 0 Å². The summed E-state index contributed by atoms with van der Waals surface area (Å²) in [4.78, 5) is 12.5. The molecule has 0 aliphatic rings. The minimum atomic E-state index is -0.237. The van der Waals surface area contributed by atoms with Gasteiger partial charge in [0.2, 0.25) is 0 Å². The maximum Gasteiger partial charge on any atom is 0.197 e. The molecule has 0 heterocycles. The topological polar surface area (TPSA) is 57.5 Å². The number of hydrogen-bond donors (Lipinski definition) is 2. The monoisotopic (exact) mass is 264 g/mol. The molecule has 0 aliphatic heterocycles. The SMILES string of the molecule is O=C(c1ccccc1)c1c(O)ccc2cc(O)ccc12. The summed E-state index contributed by atoms with van der Waals surface area (Å²) < 4.78 is 0. The Kier molecular flexibility index (Phi) is 2.88. The zero-order valence-corrected chi connectivity index (χ0v) is 10.6. The van der Waals surface area contributed by atoms with E-state index < -0.39 is 0 Å². The molecule has 98 valence electrons. The van der Waals surface area contributed by atoms with Crippen molar-refractivity contribution in [2.75, 3.05) is 0 Å². The van der Waals surface area contributed by atoms with Gasteiger partial charge in [-0.3, -0.25) is 4.79 Å². The van der Waals surface area contributed by atoms with E-state index in [0.29, 0.717) is 16.3 Å². The Morgan fingerprint density at radius 1 is 0.850 bits per heavy atom. The first-order valence-corrected chi connectivity index (χ1v) is 6.21. The maximum atomic E-state index is 12.5. The van der Waals surface area contributed by atoms with Gasteiger partial charge in [-0.1, -0.05) is 36.4 Å². The van der Waals surface area contributed by atoms with Crippen molar-refractivity contribution in [3.8, 4) is 11.5 Å². The quantitative estimate of drug-likeness (QED) is 0.697. The average molecular weight is 264 g/mol. The molecule has 0 saturated carbocycles. The molecule has 3 heteroatoms. The van der Waals surface area contributed by atoms with Crippen LogP contribution in [0.25, 0.3) is 10.8 Å². The highest BCUT2D eigenvalue weighted by Gasteiger charge is 2.17. The molecule has 0 aromatic heterocycles. The normalized spacial score (nSPS) is 10.6. The predicted molar refractivity (Wildman–Crippen MR) is 77.2 cm³/mol. The lowest BCUT2D eigenvalue weighted by Gasteiger charge is -2.09. The molecule has 3 rings (SSSR count). The van der Waals surface area contributed by atoms with Gasteiger partial charge in [0.15, 0.2) is 5.78 Å². The number of aromatic hydroxyl groups is 2. The van der Waals surface area contributed by atoms with Gasteiger partial charge in [-0.15, -0.1) is 0 Å². The minimum Gasteiger partial charge on any atom is -0.508 e. The number of phenolic OH excluding ortho intramolecular Hbond substituents is 2. The van der Waals surface area contributed by atoms with Crippen molar-refractivity contribution in [2.24, 2.45) is 0 Å². The van der Waals surface area contributed by atoms with Crippen LogP contribution in [-0.4, -0.2) is 16.0 Å². The fourth-order valence-corrected chi connectivity index (χ4v) is 2.28. The van der Waals surface area contributed by atoms with Crippen molar-refractivity contribution < 1.29 is 15.0 Å². The first-order valence-electron chi connectivity index (χ1n) is 6.21. The minimum absolute atomic E-state index is 0.0583. The number of hydrogen-bond acceptors (Lipinski definition) is 3. The molecule has 3 aromatic carbocycles. The fraction of sp³-hybridized carbons (Fsp3) is 0. The Labute approximate surface area is 115 Å². The van der Waals surface area contributed by atoms with E-state index in [9.17, 15) is 15.0 Å². The summed E-state index contributed by atoms with van der Waals surface area (Å²) in [6.07, 6.45) is 0. The summed E-state index contributed by atoms with van der Waals surface area (Å²) in [5, 5.41) is 20.9. The van der Waals surface area contributed by atoms with Gasteiger partial charge >= 0.3 is 0 Å². The zero-order chi connectivity index (χ0) is 14.1. The molecule has 3 nitrogen and oxygen atoms in total. The van der Waals surface area contributed by atoms with Crippen LogP contribution in [0.4, 0.5) is 0 Å². The van der Waals surface area contributed by atoms with E-state index >= 15 is 0 Å². The van der Waals surface area contributed by atoms with E-state index in [2.05, 4.69) is 0 Å². The summed E-state index contributed by atoms with van der Waals surface area (Å²) in [7, 11) is 0. The first kappa shape index (κ1) is 12.2. The molecule has 0 saturated heterocycles. The number of carbonyl (C=O) groups excluding carboxylic acids is 1. The predicted octanol–water partition coefficient (Wildman–Crippen LogP) is 3.48. The molecular formula is C17H12O3. The van der Waals surface area contributed by atoms with Crippen molar-refractivity contribution in [3.63, 3.8) is 0 Å². The molecule has 0 amide bonds. The first-order chi connectivity index (χ1) is 9.66. The van der Waals surface area contributed by atoms with E-state index in [1.165, 1.54) is 12.1 Å². The van der Waals surface area contributed by atoms with Gasteiger partial charge < -0.3 is 10.2 Å². The number of carbonyl (C=O) groups is 1. The molecule has 0 aliphatic carbocycles. The fourth-order valence-electron chi connectivity index (χ4n) is 2.28. The third kappa shape index (κ3) is 1.99. The second kappa shape index (κ2) is 4.70. The highest BCUT2D eigenvalue weighted by Crippen LogP contribution is 2.31. The van der Waals surface area contributed by atoms with Crippen molar-refractivity contribution >= 4 is 16.6 Å². The number of phenols is 2. The molecule has 2 N–H and O–H groups in total. The van der Waals surface area contributed by atoms with Crippen LogP contribution < -0.4 is 0 Å². The summed E-state index contributed by atoms with van der Waals surface area (Å²) in [6, 6.07) is 16.7. The maximum absolute atomic E-state index is 12.5. The van der Waals surface area contributed by atoms with E-state index in [1.54, 1.807) is 42.5 Å². The third-order valence-electron chi connectivity index (χ3n) is 3.24. The van der Waals surface area contributed by atoms with E-state index in [1.807, 2.05) is 6.07 Å². The molecule has 0 fully saturated rings. The van der Waals surface area contributed by atoms with Crippen LogP contribution in [0.2, 0.25) is 0 Å². The summed E-state index contributed by atoms with van der Waals surface area (Å²) >= 11 is 0. The van der Waals surface area contributed by atoms with E-state index in [-0.39, 0.29) is 22.8 Å². The van der Waals surface area contributed by atoms with Gasteiger partial charge in [-0.25, -0.2) is 0 Å². The van der Waals surface area contributed by atoms with Crippen molar-refractivity contribution in [3.05, 3.63) is 71.8 Å². The van der Waals surface area contributed by atoms with Crippen LogP contribution in [0.3, 0.4) is 0 Å². The average Bonchev–Trinajstić information content (AvgIpc) is 2.48. The smallest absolute Gasteiger partial charge is 0.197 e. The lowest BCUT2D eigenvalue weighted by atomic mass is 9.96. The van der Waals surface area contributed by atoms with Crippen molar-refractivity contribution in [2.45, 2.75) is 0 Å². The number of ketones is 1. The Morgan fingerprint density at radius 3 is 2.35 bits per heavy atom. The second-order valence-corrected chi connectivity index (χ2v) is 4.56. The standard InChI is InChI=1S/C17H12O3/c18-13-7-8-14-12(10-13)6-9-15(19)16(14)17(20)11-4-2-1-3-5-11/h1-10,18-19H. The van der Waals surface area contributed by atoms with Crippen LogP contribution in [0.5, 0.6) is 11.5 Å². The van der Waals surface area contributed by atoms with E-state index in [4.69, 9.17) is 0 Å². The van der Waals surface area contributed by atoms with Gasteiger partial charge in [0.05, 0.1) is 5.56 Å². The highest BCUT2D eigenvalue weighted by molar-refractivity contribution is 6.18. The van der Waals surface area contributed by atoms with Crippen LogP contribution in [-0.2, 0) is 0 Å². The van der Waals surface area contributed by atoms with Gasteiger partial charge in [0.25, 0.3) is 0 Å². The second-order valence-electron chi connectivity index (χ2n) is 4.56. The number of fused-ring (bicyclic) bond motifs is 1. The summed E-state index contributed by atoms with van der Waals surface area (Å²) in [6.45, 7) is 0. The molecular weight excluding hydrogens is 252 g/mol.